The number of ketones is 1. The molecule has 2 heteroatoms. The lowest BCUT2D eigenvalue weighted by Gasteiger charge is -2.02. The average molecular weight is 200 g/mol. The van der Waals surface area contributed by atoms with Crippen LogP contribution in [0.15, 0.2) is 18.2 Å². The summed E-state index contributed by atoms with van der Waals surface area (Å²) in [6.45, 7) is 0.720. The molecule has 0 N–H and O–H groups in total. The van der Waals surface area contributed by atoms with Crippen LogP contribution in [-0.2, 0) is 6.42 Å². The molecule has 15 heavy (non-hydrogen) atoms. The van der Waals surface area contributed by atoms with Gasteiger partial charge in [-0.05, 0) is 23.8 Å². The van der Waals surface area contributed by atoms with E-state index in [1.165, 1.54) is 0 Å². The second kappa shape index (κ2) is 4.18. The van der Waals surface area contributed by atoms with E-state index in [-0.39, 0.29) is 5.78 Å². The molecule has 0 fully saturated rings. The van der Waals surface area contributed by atoms with Crippen LogP contribution in [0.1, 0.15) is 28.8 Å². The molecule has 2 rings (SSSR count). The molecular formula is C13H12O2. The van der Waals surface area contributed by atoms with Gasteiger partial charge in [0.25, 0.3) is 0 Å². The molecule has 0 aliphatic carbocycles. The van der Waals surface area contributed by atoms with E-state index in [0.717, 1.165) is 29.9 Å². The lowest BCUT2D eigenvalue weighted by Crippen LogP contribution is -1.98. The van der Waals surface area contributed by atoms with Gasteiger partial charge in [-0.1, -0.05) is 0 Å². The van der Waals surface area contributed by atoms with Crippen LogP contribution in [0.5, 0.6) is 5.75 Å². The molecule has 0 radical (unpaired) electrons. The van der Waals surface area contributed by atoms with Crippen molar-refractivity contribution < 1.29 is 9.53 Å². The Balaban J connectivity index is 2.16. The Bertz CT molecular complexity index is 427. The van der Waals surface area contributed by atoms with Crippen LogP contribution in [0.25, 0.3) is 0 Å². The maximum atomic E-state index is 11.7. The largest absolute Gasteiger partial charge is 0.493 e. The van der Waals surface area contributed by atoms with Gasteiger partial charge < -0.3 is 4.74 Å². The molecule has 0 spiro atoms. The summed E-state index contributed by atoms with van der Waals surface area (Å²) in [5.41, 5.74) is 1.87. The Hall–Kier alpha value is -1.75. The zero-order valence-electron chi connectivity index (χ0n) is 8.45. The highest BCUT2D eigenvalue weighted by molar-refractivity contribution is 5.96. The molecule has 0 unspecified atom stereocenters. The first-order valence-corrected chi connectivity index (χ1v) is 5.03. The van der Waals surface area contributed by atoms with Crippen molar-refractivity contribution in [1.29, 1.82) is 0 Å². The van der Waals surface area contributed by atoms with E-state index >= 15 is 0 Å². The highest BCUT2D eigenvalue weighted by Gasteiger charge is 2.14. The Morgan fingerprint density at radius 1 is 1.53 bits per heavy atom. The Kier molecular flexibility index (Phi) is 2.73. The maximum Gasteiger partial charge on any atom is 0.163 e. The number of ether oxygens (including phenoxy) is 1. The van der Waals surface area contributed by atoms with Gasteiger partial charge in [0.05, 0.1) is 6.61 Å². The average Bonchev–Trinajstić information content (AvgIpc) is 2.72. The van der Waals surface area contributed by atoms with Crippen molar-refractivity contribution in [3.63, 3.8) is 0 Å². The SMILES string of the molecule is C#CCCC(=O)c1ccc2c(c1)CCO2. The van der Waals surface area contributed by atoms with E-state index in [2.05, 4.69) is 5.92 Å². The van der Waals surface area contributed by atoms with Crippen molar-refractivity contribution in [2.45, 2.75) is 19.3 Å². The van der Waals surface area contributed by atoms with Crippen molar-refractivity contribution in [3.05, 3.63) is 29.3 Å². The number of rotatable bonds is 3. The minimum atomic E-state index is 0.114. The fraction of sp³-hybridized carbons (Fsp3) is 0.308. The topological polar surface area (TPSA) is 26.3 Å². The number of benzene rings is 1. The molecule has 1 aromatic rings. The molecule has 1 heterocycles. The van der Waals surface area contributed by atoms with E-state index in [9.17, 15) is 4.79 Å². The van der Waals surface area contributed by atoms with Gasteiger partial charge in [-0.15, -0.1) is 12.3 Å². The minimum Gasteiger partial charge on any atom is -0.493 e. The summed E-state index contributed by atoms with van der Waals surface area (Å²) in [6, 6.07) is 5.59. The Labute approximate surface area is 89.3 Å². The minimum absolute atomic E-state index is 0.114. The highest BCUT2D eigenvalue weighted by atomic mass is 16.5. The highest BCUT2D eigenvalue weighted by Crippen LogP contribution is 2.26. The van der Waals surface area contributed by atoms with E-state index in [1.54, 1.807) is 0 Å². The normalized spacial score (nSPS) is 12.7. The lowest BCUT2D eigenvalue weighted by atomic mass is 10.0. The van der Waals surface area contributed by atoms with Crippen LogP contribution in [0.4, 0.5) is 0 Å². The molecule has 0 atom stereocenters. The van der Waals surface area contributed by atoms with E-state index in [0.29, 0.717) is 12.8 Å². The number of fused-ring (bicyclic) bond motifs is 1. The fourth-order valence-electron chi connectivity index (χ4n) is 1.69. The second-order valence-corrected chi connectivity index (χ2v) is 3.55. The van der Waals surface area contributed by atoms with Crippen molar-refractivity contribution in [1.82, 2.24) is 0 Å². The van der Waals surface area contributed by atoms with Gasteiger partial charge >= 0.3 is 0 Å². The van der Waals surface area contributed by atoms with Crippen LogP contribution in [-0.4, -0.2) is 12.4 Å². The second-order valence-electron chi connectivity index (χ2n) is 3.55. The van der Waals surface area contributed by atoms with E-state index in [4.69, 9.17) is 11.2 Å². The van der Waals surface area contributed by atoms with E-state index < -0.39 is 0 Å². The molecule has 0 bridgehead atoms. The van der Waals surface area contributed by atoms with Crippen LogP contribution in [0.2, 0.25) is 0 Å². The first kappa shape index (κ1) is 9.79. The van der Waals surface area contributed by atoms with Crippen molar-refractivity contribution in [2.24, 2.45) is 0 Å². The van der Waals surface area contributed by atoms with Gasteiger partial charge in [-0.3, -0.25) is 4.79 Å². The summed E-state index contributed by atoms with van der Waals surface area (Å²) >= 11 is 0. The van der Waals surface area contributed by atoms with Crippen LogP contribution < -0.4 is 4.74 Å². The Morgan fingerprint density at radius 2 is 2.40 bits per heavy atom. The van der Waals surface area contributed by atoms with E-state index in [1.807, 2.05) is 18.2 Å². The third-order valence-electron chi connectivity index (χ3n) is 2.51. The fourth-order valence-corrected chi connectivity index (χ4v) is 1.69. The maximum absolute atomic E-state index is 11.7. The summed E-state index contributed by atoms with van der Waals surface area (Å²) in [4.78, 5) is 11.7. The third-order valence-corrected chi connectivity index (χ3v) is 2.51. The van der Waals surface area contributed by atoms with Gasteiger partial charge in [0, 0.05) is 24.8 Å². The lowest BCUT2D eigenvalue weighted by molar-refractivity contribution is 0.0984. The number of terminal acetylenes is 1. The quantitative estimate of drug-likeness (QED) is 0.552. The summed E-state index contributed by atoms with van der Waals surface area (Å²) in [5.74, 6) is 3.49. The van der Waals surface area contributed by atoms with Gasteiger partial charge in [-0.2, -0.15) is 0 Å². The van der Waals surface area contributed by atoms with Crippen molar-refractivity contribution in [3.8, 4) is 18.1 Å². The van der Waals surface area contributed by atoms with Gasteiger partial charge in [0.15, 0.2) is 5.78 Å². The first-order valence-electron chi connectivity index (χ1n) is 5.03. The predicted molar refractivity (Wildman–Crippen MR) is 58.0 cm³/mol. The standard InChI is InChI=1S/C13H12O2/c1-2-3-4-12(14)10-5-6-13-11(9-10)7-8-15-13/h1,5-6,9H,3-4,7-8H2. The van der Waals surface area contributed by atoms with Crippen molar-refractivity contribution in [2.75, 3.05) is 6.61 Å². The smallest absolute Gasteiger partial charge is 0.163 e. The van der Waals surface area contributed by atoms with Crippen LogP contribution in [0, 0.1) is 12.3 Å². The number of carbonyl (C=O) groups excluding carboxylic acids is 1. The number of Topliss-reactive ketones (excluding diaryl/α,β-unsaturated/α-hetero) is 1. The summed E-state index contributed by atoms with van der Waals surface area (Å²) in [5, 5.41) is 0. The molecule has 2 nitrogen and oxygen atoms in total. The van der Waals surface area contributed by atoms with Crippen LogP contribution >= 0.6 is 0 Å². The molecular weight excluding hydrogens is 188 g/mol. The predicted octanol–water partition coefficient (Wildman–Crippen LogP) is 2.22. The molecule has 0 aromatic heterocycles. The molecule has 0 saturated carbocycles. The molecule has 0 saturated heterocycles. The summed E-state index contributed by atoms with van der Waals surface area (Å²) in [6.07, 6.45) is 6.95. The zero-order chi connectivity index (χ0) is 10.7. The van der Waals surface area contributed by atoms with Gasteiger partial charge in [-0.25, -0.2) is 0 Å². The number of carbonyl (C=O) groups is 1. The van der Waals surface area contributed by atoms with Crippen molar-refractivity contribution >= 4 is 5.78 Å². The molecule has 76 valence electrons. The number of hydrogen-bond acceptors (Lipinski definition) is 2. The van der Waals surface area contributed by atoms with Crippen LogP contribution in [0.3, 0.4) is 0 Å². The molecule has 0 amide bonds. The van der Waals surface area contributed by atoms with Gasteiger partial charge in [0.2, 0.25) is 0 Å². The molecule has 1 aromatic carbocycles. The Morgan fingerprint density at radius 3 is 3.20 bits per heavy atom. The summed E-state index contributed by atoms with van der Waals surface area (Å²) in [7, 11) is 0. The molecule has 1 aliphatic heterocycles. The first-order chi connectivity index (χ1) is 7.31. The monoisotopic (exact) mass is 200 g/mol. The summed E-state index contributed by atoms with van der Waals surface area (Å²) < 4.78 is 5.37. The number of hydrogen-bond donors (Lipinski definition) is 0. The van der Waals surface area contributed by atoms with Gasteiger partial charge in [0.1, 0.15) is 5.75 Å². The zero-order valence-corrected chi connectivity index (χ0v) is 8.45. The molecule has 1 aliphatic rings. The third kappa shape index (κ3) is 2.02.